The van der Waals surface area contributed by atoms with Gasteiger partial charge in [-0.1, -0.05) is 0 Å². The maximum absolute atomic E-state index is 11.6. The highest BCUT2D eigenvalue weighted by Gasteiger charge is 2.34. The van der Waals surface area contributed by atoms with Crippen molar-refractivity contribution in [3.05, 3.63) is 0 Å². The Bertz CT molecular complexity index is 266. The predicted molar refractivity (Wildman–Crippen MR) is 66.7 cm³/mol. The Kier molecular flexibility index (Phi) is 4.40. The van der Waals surface area contributed by atoms with Crippen LogP contribution in [0.5, 0.6) is 0 Å². The molecule has 17 heavy (non-hydrogen) atoms. The lowest BCUT2D eigenvalue weighted by molar-refractivity contribution is -0.130. The minimum absolute atomic E-state index is 0.224. The fourth-order valence-electron chi connectivity index (χ4n) is 2.82. The Morgan fingerprint density at radius 3 is 2.76 bits per heavy atom. The van der Waals surface area contributed by atoms with Crippen LogP contribution in [0.15, 0.2) is 0 Å². The lowest BCUT2D eigenvalue weighted by atomic mass is 10.2. The number of amides is 1. The Morgan fingerprint density at radius 2 is 2.18 bits per heavy atom. The zero-order valence-electron chi connectivity index (χ0n) is 10.8. The predicted octanol–water partition coefficient (Wildman–Crippen LogP) is 0.844. The molecule has 2 fully saturated rings. The summed E-state index contributed by atoms with van der Waals surface area (Å²) in [5.74, 6) is 0.224. The molecule has 1 aliphatic heterocycles. The molecule has 1 saturated carbocycles. The van der Waals surface area contributed by atoms with E-state index in [4.69, 9.17) is 5.11 Å². The van der Waals surface area contributed by atoms with Crippen molar-refractivity contribution >= 4 is 5.91 Å². The van der Waals surface area contributed by atoms with Crippen LogP contribution in [0.3, 0.4) is 0 Å². The van der Waals surface area contributed by atoms with Crippen molar-refractivity contribution in [1.29, 1.82) is 0 Å². The molecule has 0 aromatic rings. The first-order chi connectivity index (χ1) is 8.22. The smallest absolute Gasteiger partial charge is 0.219 e. The van der Waals surface area contributed by atoms with Crippen LogP contribution < -0.4 is 0 Å². The maximum Gasteiger partial charge on any atom is 0.219 e. The molecular weight excluding hydrogens is 216 g/mol. The molecule has 1 N–H and O–H groups in total. The number of carbonyl (C=O) groups is 1. The molecular formula is C13H24N2O2. The molecule has 0 spiro atoms. The molecule has 98 valence electrons. The van der Waals surface area contributed by atoms with Crippen molar-refractivity contribution in [2.45, 2.75) is 51.1 Å². The van der Waals surface area contributed by atoms with E-state index in [1.54, 1.807) is 6.92 Å². The molecule has 1 heterocycles. The fourth-order valence-corrected chi connectivity index (χ4v) is 2.82. The average Bonchev–Trinajstić information content (AvgIpc) is 3.04. The Balaban J connectivity index is 1.84. The number of aliphatic hydroxyl groups excluding tert-OH is 1. The average molecular weight is 240 g/mol. The van der Waals surface area contributed by atoms with Crippen LogP contribution in [0.2, 0.25) is 0 Å². The van der Waals surface area contributed by atoms with Crippen LogP contribution in [-0.2, 0) is 4.79 Å². The zero-order valence-corrected chi connectivity index (χ0v) is 10.8. The molecule has 2 rings (SSSR count). The van der Waals surface area contributed by atoms with Gasteiger partial charge in [-0.05, 0) is 38.6 Å². The summed E-state index contributed by atoms with van der Waals surface area (Å²) >= 11 is 0. The number of aliphatic hydroxyl groups is 1. The third-order valence-corrected chi connectivity index (χ3v) is 3.90. The third kappa shape index (κ3) is 3.42. The SMILES string of the molecule is CC(=O)N(CC1CCCN1CCCO)C1CC1. The van der Waals surface area contributed by atoms with E-state index in [1.165, 1.54) is 25.7 Å². The van der Waals surface area contributed by atoms with E-state index in [9.17, 15) is 4.79 Å². The number of rotatable bonds is 6. The minimum atomic E-state index is 0.224. The maximum atomic E-state index is 11.6. The quantitative estimate of drug-likeness (QED) is 0.748. The Morgan fingerprint density at radius 1 is 1.41 bits per heavy atom. The van der Waals surface area contributed by atoms with E-state index in [2.05, 4.69) is 9.80 Å². The minimum Gasteiger partial charge on any atom is -0.396 e. The van der Waals surface area contributed by atoms with Gasteiger partial charge in [0.25, 0.3) is 0 Å². The van der Waals surface area contributed by atoms with E-state index in [-0.39, 0.29) is 12.5 Å². The van der Waals surface area contributed by atoms with Crippen LogP contribution in [0, 0.1) is 0 Å². The summed E-state index contributed by atoms with van der Waals surface area (Å²) in [6.07, 6.45) is 5.64. The molecule has 1 saturated heterocycles. The second kappa shape index (κ2) is 5.83. The van der Waals surface area contributed by atoms with Crippen molar-refractivity contribution in [3.63, 3.8) is 0 Å². The summed E-state index contributed by atoms with van der Waals surface area (Å²) < 4.78 is 0. The monoisotopic (exact) mass is 240 g/mol. The van der Waals surface area contributed by atoms with E-state index in [0.29, 0.717) is 12.1 Å². The highest BCUT2D eigenvalue weighted by Crippen LogP contribution is 2.29. The number of nitrogens with zero attached hydrogens (tertiary/aromatic N) is 2. The first kappa shape index (κ1) is 12.8. The van der Waals surface area contributed by atoms with Gasteiger partial charge >= 0.3 is 0 Å². The van der Waals surface area contributed by atoms with E-state index in [1.807, 2.05) is 0 Å². The second-order valence-corrected chi connectivity index (χ2v) is 5.31. The van der Waals surface area contributed by atoms with E-state index >= 15 is 0 Å². The summed E-state index contributed by atoms with van der Waals surface area (Å²) in [7, 11) is 0. The van der Waals surface area contributed by atoms with Gasteiger partial charge in [-0.15, -0.1) is 0 Å². The van der Waals surface area contributed by atoms with Crippen LogP contribution in [-0.4, -0.2) is 59.1 Å². The normalized spacial score (nSPS) is 25.2. The van der Waals surface area contributed by atoms with Gasteiger partial charge in [0.15, 0.2) is 0 Å². The van der Waals surface area contributed by atoms with Crippen molar-refractivity contribution in [2.24, 2.45) is 0 Å². The number of likely N-dealkylation sites (tertiary alicyclic amines) is 1. The molecule has 4 heteroatoms. The molecule has 1 amide bonds. The van der Waals surface area contributed by atoms with Gasteiger partial charge in [-0.3, -0.25) is 9.69 Å². The molecule has 0 aromatic carbocycles. The molecule has 2 aliphatic rings. The number of hydrogen-bond acceptors (Lipinski definition) is 3. The summed E-state index contributed by atoms with van der Waals surface area (Å²) in [6, 6.07) is 1.04. The molecule has 1 aliphatic carbocycles. The van der Waals surface area contributed by atoms with Crippen LogP contribution in [0.1, 0.15) is 39.0 Å². The molecule has 0 bridgehead atoms. The van der Waals surface area contributed by atoms with Crippen molar-refractivity contribution in [1.82, 2.24) is 9.80 Å². The van der Waals surface area contributed by atoms with Gasteiger partial charge in [0.05, 0.1) is 0 Å². The highest BCUT2D eigenvalue weighted by atomic mass is 16.3. The lowest BCUT2D eigenvalue weighted by Crippen LogP contribution is -2.43. The van der Waals surface area contributed by atoms with Crippen LogP contribution in [0.25, 0.3) is 0 Å². The largest absolute Gasteiger partial charge is 0.396 e. The number of carbonyl (C=O) groups excluding carboxylic acids is 1. The van der Waals surface area contributed by atoms with Gasteiger partial charge < -0.3 is 10.0 Å². The Hall–Kier alpha value is -0.610. The molecule has 4 nitrogen and oxygen atoms in total. The summed E-state index contributed by atoms with van der Waals surface area (Å²) in [4.78, 5) is 16.1. The number of hydrogen-bond donors (Lipinski definition) is 1. The van der Waals surface area contributed by atoms with Crippen molar-refractivity contribution < 1.29 is 9.90 Å². The first-order valence-corrected chi connectivity index (χ1v) is 6.84. The van der Waals surface area contributed by atoms with E-state index < -0.39 is 0 Å². The summed E-state index contributed by atoms with van der Waals surface area (Å²) in [6.45, 7) is 4.94. The second-order valence-electron chi connectivity index (χ2n) is 5.31. The highest BCUT2D eigenvalue weighted by molar-refractivity contribution is 5.74. The van der Waals surface area contributed by atoms with E-state index in [0.717, 1.165) is 26.1 Å². The molecule has 1 atom stereocenters. The van der Waals surface area contributed by atoms with Crippen LogP contribution in [0.4, 0.5) is 0 Å². The summed E-state index contributed by atoms with van der Waals surface area (Å²) in [5, 5.41) is 8.89. The molecule has 0 aromatic heterocycles. The summed E-state index contributed by atoms with van der Waals surface area (Å²) in [5.41, 5.74) is 0. The lowest BCUT2D eigenvalue weighted by Gasteiger charge is -2.30. The fraction of sp³-hybridized carbons (Fsp3) is 0.923. The van der Waals surface area contributed by atoms with Gasteiger partial charge in [0.1, 0.15) is 0 Å². The van der Waals surface area contributed by atoms with Gasteiger partial charge in [-0.25, -0.2) is 0 Å². The first-order valence-electron chi connectivity index (χ1n) is 6.84. The topological polar surface area (TPSA) is 43.8 Å². The van der Waals surface area contributed by atoms with Crippen molar-refractivity contribution in [2.75, 3.05) is 26.2 Å². The van der Waals surface area contributed by atoms with Crippen LogP contribution >= 0.6 is 0 Å². The third-order valence-electron chi connectivity index (χ3n) is 3.90. The standard InChI is InChI=1S/C13H24N2O2/c1-11(17)15(12-5-6-12)10-13-4-2-7-14(13)8-3-9-16/h12-13,16H,2-10H2,1H3. The van der Waals surface area contributed by atoms with Gasteiger partial charge in [0, 0.05) is 38.7 Å². The van der Waals surface area contributed by atoms with Gasteiger partial charge in [-0.2, -0.15) is 0 Å². The Labute approximate surface area is 104 Å². The molecule has 0 radical (unpaired) electrons. The van der Waals surface area contributed by atoms with Crippen molar-refractivity contribution in [3.8, 4) is 0 Å². The zero-order chi connectivity index (χ0) is 12.3. The molecule has 1 unspecified atom stereocenters. The van der Waals surface area contributed by atoms with Gasteiger partial charge in [0.2, 0.25) is 5.91 Å².